The number of halogens is 1. The van der Waals surface area contributed by atoms with Gasteiger partial charge in [0.1, 0.15) is 0 Å². The Morgan fingerprint density at radius 1 is 1.24 bits per heavy atom. The lowest BCUT2D eigenvalue weighted by Crippen LogP contribution is -2.42. The summed E-state index contributed by atoms with van der Waals surface area (Å²) in [4.78, 5) is 36.4. The smallest absolute Gasteiger partial charge is 0.319 e. The van der Waals surface area contributed by atoms with Crippen LogP contribution in [-0.4, -0.2) is 49.4 Å². The van der Waals surface area contributed by atoms with Crippen LogP contribution in [0.1, 0.15) is 17.3 Å². The van der Waals surface area contributed by atoms with Crippen molar-refractivity contribution in [2.45, 2.75) is 6.92 Å². The highest BCUT2D eigenvalue weighted by atomic mass is 35.5. The normalized spacial score (nSPS) is 10.3. The van der Waals surface area contributed by atoms with Crippen molar-refractivity contribution in [2.75, 3.05) is 26.7 Å². The van der Waals surface area contributed by atoms with E-state index in [9.17, 15) is 14.4 Å². The van der Waals surface area contributed by atoms with E-state index in [0.717, 1.165) is 0 Å². The van der Waals surface area contributed by atoms with Gasteiger partial charge in [0.15, 0.2) is 0 Å². The van der Waals surface area contributed by atoms with Gasteiger partial charge in [-0.25, -0.2) is 0 Å². The summed E-state index contributed by atoms with van der Waals surface area (Å²) in [5.41, 5.74) is 0.225. The molecule has 0 saturated heterocycles. The third kappa shape index (κ3) is 5.53. The quantitative estimate of drug-likeness (QED) is 0.796. The van der Waals surface area contributed by atoms with Gasteiger partial charge in [-0.1, -0.05) is 30.7 Å². The number of imide groups is 1. The van der Waals surface area contributed by atoms with Crippen LogP contribution in [0.5, 0.6) is 0 Å². The van der Waals surface area contributed by atoms with E-state index in [1.54, 1.807) is 30.0 Å². The first kappa shape index (κ1) is 17.1. The van der Waals surface area contributed by atoms with Crippen molar-refractivity contribution in [1.29, 1.82) is 0 Å². The molecule has 0 aromatic heterocycles. The number of amides is 2. The van der Waals surface area contributed by atoms with Gasteiger partial charge in [-0.15, -0.1) is 0 Å². The third-order valence-electron chi connectivity index (χ3n) is 2.77. The maximum atomic E-state index is 11.9. The largest absolute Gasteiger partial charge is 0.468 e. The Morgan fingerprint density at radius 3 is 2.48 bits per heavy atom. The van der Waals surface area contributed by atoms with Crippen molar-refractivity contribution in [1.82, 2.24) is 10.2 Å². The van der Waals surface area contributed by atoms with Crippen LogP contribution < -0.4 is 5.32 Å². The molecule has 21 heavy (non-hydrogen) atoms. The summed E-state index contributed by atoms with van der Waals surface area (Å²) in [5.74, 6) is -1.52. The minimum absolute atomic E-state index is 0.0132. The Labute approximate surface area is 128 Å². The fraction of sp³-hybridized carbons (Fsp3) is 0.357. The van der Waals surface area contributed by atoms with E-state index >= 15 is 0 Å². The predicted molar refractivity (Wildman–Crippen MR) is 78.1 cm³/mol. The fourth-order valence-electron chi connectivity index (χ4n) is 1.61. The zero-order chi connectivity index (χ0) is 15.8. The van der Waals surface area contributed by atoms with Crippen LogP contribution in [0.2, 0.25) is 5.02 Å². The van der Waals surface area contributed by atoms with Crippen LogP contribution in [0.15, 0.2) is 24.3 Å². The summed E-state index contributed by atoms with van der Waals surface area (Å²) < 4.78 is 4.53. The molecule has 114 valence electrons. The van der Waals surface area contributed by atoms with Gasteiger partial charge in [0, 0.05) is 0 Å². The number of hydrogen-bond donors (Lipinski definition) is 1. The SMILES string of the molecule is CCN(CC(=O)NC(=O)c1ccccc1Cl)CC(=O)OC. The number of esters is 1. The molecular weight excluding hydrogens is 296 g/mol. The number of carbonyl (C=O) groups is 3. The van der Waals surface area contributed by atoms with Gasteiger partial charge in [0.2, 0.25) is 5.91 Å². The highest BCUT2D eigenvalue weighted by Gasteiger charge is 2.17. The van der Waals surface area contributed by atoms with E-state index < -0.39 is 17.8 Å². The number of rotatable bonds is 6. The Hall–Kier alpha value is -1.92. The van der Waals surface area contributed by atoms with Gasteiger partial charge >= 0.3 is 5.97 Å². The predicted octanol–water partition coefficient (Wildman–Crippen LogP) is 1.09. The third-order valence-corrected chi connectivity index (χ3v) is 3.10. The number of methoxy groups -OCH3 is 1. The Kier molecular flexibility index (Phi) is 6.84. The molecule has 0 heterocycles. The van der Waals surface area contributed by atoms with E-state index in [4.69, 9.17) is 11.6 Å². The number of benzene rings is 1. The molecule has 2 amide bonds. The van der Waals surface area contributed by atoms with Gasteiger partial charge in [-0.2, -0.15) is 0 Å². The topological polar surface area (TPSA) is 75.7 Å². The molecule has 1 aromatic rings. The maximum Gasteiger partial charge on any atom is 0.319 e. The highest BCUT2D eigenvalue weighted by molar-refractivity contribution is 6.34. The molecule has 1 N–H and O–H groups in total. The number of likely N-dealkylation sites (N-methyl/N-ethyl adjacent to an activating group) is 1. The first-order valence-corrected chi connectivity index (χ1v) is 6.73. The first-order valence-electron chi connectivity index (χ1n) is 6.35. The van der Waals surface area contributed by atoms with Crippen molar-refractivity contribution in [2.24, 2.45) is 0 Å². The number of carbonyl (C=O) groups excluding carboxylic acids is 3. The van der Waals surface area contributed by atoms with E-state index in [-0.39, 0.29) is 23.7 Å². The van der Waals surface area contributed by atoms with Crippen molar-refractivity contribution < 1.29 is 19.1 Å². The molecule has 0 atom stereocenters. The van der Waals surface area contributed by atoms with Gasteiger partial charge in [0.05, 0.1) is 30.8 Å². The molecule has 0 aliphatic rings. The minimum Gasteiger partial charge on any atom is -0.468 e. The second-order valence-corrected chi connectivity index (χ2v) is 4.64. The molecule has 0 unspecified atom stereocenters. The number of hydrogen-bond acceptors (Lipinski definition) is 5. The van der Waals surface area contributed by atoms with Crippen molar-refractivity contribution in [3.05, 3.63) is 34.9 Å². The second kappa shape index (κ2) is 8.39. The van der Waals surface area contributed by atoms with Crippen molar-refractivity contribution >= 4 is 29.4 Å². The van der Waals surface area contributed by atoms with Crippen LogP contribution in [0, 0.1) is 0 Å². The lowest BCUT2D eigenvalue weighted by molar-refractivity contribution is -0.142. The molecule has 0 spiro atoms. The summed E-state index contributed by atoms with van der Waals surface area (Å²) in [6.07, 6.45) is 0. The molecule has 7 heteroatoms. The van der Waals surface area contributed by atoms with Crippen molar-refractivity contribution in [3.63, 3.8) is 0 Å². The summed E-state index contributed by atoms with van der Waals surface area (Å²) in [7, 11) is 1.27. The highest BCUT2D eigenvalue weighted by Crippen LogP contribution is 2.14. The molecule has 6 nitrogen and oxygen atoms in total. The second-order valence-electron chi connectivity index (χ2n) is 4.24. The standard InChI is InChI=1S/C14H17ClN2O4/c1-3-17(9-13(19)21-2)8-12(18)16-14(20)10-6-4-5-7-11(10)15/h4-7H,3,8-9H2,1-2H3,(H,16,18,20). The molecule has 0 aliphatic heterocycles. The van der Waals surface area contributed by atoms with Gasteiger partial charge in [-0.05, 0) is 18.7 Å². The van der Waals surface area contributed by atoms with Crippen LogP contribution in [0.25, 0.3) is 0 Å². The Balaban J connectivity index is 2.58. The van der Waals surface area contributed by atoms with E-state index in [1.807, 2.05) is 0 Å². The van der Waals surface area contributed by atoms with Gasteiger partial charge in [0.25, 0.3) is 5.91 Å². The number of nitrogens with one attached hydrogen (secondary N) is 1. The average Bonchev–Trinajstić information content (AvgIpc) is 2.46. The summed E-state index contributed by atoms with van der Waals surface area (Å²) in [5, 5.41) is 2.51. The van der Waals surface area contributed by atoms with Crippen LogP contribution in [0.3, 0.4) is 0 Å². The molecule has 0 bridgehead atoms. The molecule has 0 saturated carbocycles. The number of nitrogens with zero attached hydrogens (tertiary/aromatic N) is 1. The van der Waals surface area contributed by atoms with E-state index in [2.05, 4.69) is 10.1 Å². The van der Waals surface area contributed by atoms with E-state index in [0.29, 0.717) is 6.54 Å². The summed E-state index contributed by atoms with van der Waals surface area (Å²) >= 11 is 5.88. The average molecular weight is 313 g/mol. The lowest BCUT2D eigenvalue weighted by atomic mass is 10.2. The summed E-state index contributed by atoms with van der Waals surface area (Å²) in [6, 6.07) is 6.44. The first-order chi connectivity index (χ1) is 9.97. The zero-order valence-corrected chi connectivity index (χ0v) is 12.6. The van der Waals surface area contributed by atoms with Crippen LogP contribution >= 0.6 is 11.6 Å². The van der Waals surface area contributed by atoms with Crippen molar-refractivity contribution in [3.8, 4) is 0 Å². The summed E-state index contributed by atoms with van der Waals surface area (Å²) in [6.45, 7) is 2.18. The maximum absolute atomic E-state index is 11.9. The van der Waals surface area contributed by atoms with E-state index in [1.165, 1.54) is 13.2 Å². The molecule has 0 fully saturated rings. The minimum atomic E-state index is -0.570. The van der Waals surface area contributed by atoms with Gasteiger partial charge < -0.3 is 4.74 Å². The van der Waals surface area contributed by atoms with Crippen LogP contribution in [-0.2, 0) is 14.3 Å². The van der Waals surface area contributed by atoms with Gasteiger partial charge in [-0.3, -0.25) is 24.6 Å². The Morgan fingerprint density at radius 2 is 1.90 bits per heavy atom. The molecule has 1 rings (SSSR count). The monoisotopic (exact) mass is 312 g/mol. The number of ether oxygens (including phenoxy) is 1. The molecule has 0 radical (unpaired) electrons. The van der Waals surface area contributed by atoms with Crippen LogP contribution in [0.4, 0.5) is 0 Å². The lowest BCUT2D eigenvalue weighted by Gasteiger charge is -2.17. The molecule has 0 aliphatic carbocycles. The molecular formula is C14H17ClN2O4. The molecule has 1 aromatic carbocycles. The zero-order valence-electron chi connectivity index (χ0n) is 11.9. The fourth-order valence-corrected chi connectivity index (χ4v) is 1.83. The Bertz CT molecular complexity index is 533.